The highest BCUT2D eigenvalue weighted by Gasteiger charge is 2.29. The van der Waals surface area contributed by atoms with Crippen molar-refractivity contribution < 1.29 is 18.8 Å². The molecular formula is C16H21FN2O3. The summed E-state index contributed by atoms with van der Waals surface area (Å²) in [5.41, 5.74) is 0.809. The van der Waals surface area contributed by atoms with Crippen molar-refractivity contribution in [2.45, 2.75) is 39.8 Å². The zero-order valence-electron chi connectivity index (χ0n) is 13.3. The summed E-state index contributed by atoms with van der Waals surface area (Å²) < 4.78 is 18.9. The van der Waals surface area contributed by atoms with Crippen molar-refractivity contribution in [3.8, 4) is 0 Å². The molecule has 0 aliphatic rings. The third-order valence-corrected chi connectivity index (χ3v) is 3.09. The van der Waals surface area contributed by atoms with Crippen LogP contribution in [0.2, 0.25) is 0 Å². The van der Waals surface area contributed by atoms with Gasteiger partial charge in [-0.15, -0.1) is 0 Å². The molecule has 120 valence electrons. The normalized spacial score (nSPS) is 11.7. The Morgan fingerprint density at radius 2 is 2.09 bits per heavy atom. The van der Waals surface area contributed by atoms with Crippen LogP contribution in [0.1, 0.15) is 33.3 Å². The Morgan fingerprint density at radius 3 is 2.73 bits per heavy atom. The number of carbonyl (C=O) groups is 1. The van der Waals surface area contributed by atoms with E-state index in [-0.39, 0.29) is 12.4 Å². The van der Waals surface area contributed by atoms with Crippen molar-refractivity contribution in [2.75, 3.05) is 6.61 Å². The second-order valence-corrected chi connectivity index (χ2v) is 5.94. The predicted octanol–water partition coefficient (Wildman–Crippen LogP) is 4.00. The van der Waals surface area contributed by atoms with Crippen LogP contribution in [0.3, 0.4) is 0 Å². The number of halogens is 1. The number of hydrogen-bond donors (Lipinski definition) is 1. The van der Waals surface area contributed by atoms with Crippen molar-refractivity contribution in [1.82, 2.24) is 10.0 Å². The van der Waals surface area contributed by atoms with E-state index < -0.39 is 11.6 Å². The van der Waals surface area contributed by atoms with Gasteiger partial charge in [0.25, 0.3) is 0 Å². The number of nitrogens with zero attached hydrogens (tertiary/aromatic N) is 1. The van der Waals surface area contributed by atoms with Crippen LogP contribution in [0, 0.1) is 5.82 Å². The smallest absolute Gasteiger partial charge is 0.434 e. The number of hydrogen-bond acceptors (Lipinski definition) is 3. The van der Waals surface area contributed by atoms with Crippen molar-refractivity contribution in [3.63, 3.8) is 0 Å². The lowest BCUT2D eigenvalue weighted by molar-refractivity contribution is -0.180. The van der Waals surface area contributed by atoms with Gasteiger partial charge in [0.15, 0.2) is 0 Å². The SMILES string of the molecule is CCON(C(=O)OCc1cc(F)cc2cc[nH]c12)C(C)(C)C. The summed E-state index contributed by atoms with van der Waals surface area (Å²) in [5, 5.41) is 1.93. The van der Waals surface area contributed by atoms with Crippen LogP contribution in [-0.2, 0) is 16.2 Å². The third-order valence-electron chi connectivity index (χ3n) is 3.09. The molecule has 1 aromatic carbocycles. The number of fused-ring (bicyclic) bond motifs is 1. The first-order chi connectivity index (χ1) is 10.3. The molecule has 1 N–H and O–H groups in total. The Labute approximate surface area is 129 Å². The number of benzene rings is 1. The molecule has 6 heteroatoms. The lowest BCUT2D eigenvalue weighted by Gasteiger charge is -2.32. The number of nitrogens with one attached hydrogen (secondary N) is 1. The maximum absolute atomic E-state index is 13.6. The third kappa shape index (κ3) is 3.57. The zero-order chi connectivity index (χ0) is 16.3. The molecule has 2 rings (SSSR count). The van der Waals surface area contributed by atoms with Gasteiger partial charge < -0.3 is 9.72 Å². The number of ether oxygens (including phenoxy) is 1. The molecule has 0 fully saturated rings. The van der Waals surface area contributed by atoms with Gasteiger partial charge in [0.2, 0.25) is 0 Å². The molecule has 0 saturated heterocycles. The number of aromatic amines is 1. The van der Waals surface area contributed by atoms with E-state index in [2.05, 4.69) is 4.98 Å². The molecular weight excluding hydrogens is 287 g/mol. The number of carbonyl (C=O) groups excluding carboxylic acids is 1. The average Bonchev–Trinajstić information content (AvgIpc) is 2.88. The quantitative estimate of drug-likeness (QED) is 0.869. The van der Waals surface area contributed by atoms with Crippen LogP contribution in [0.4, 0.5) is 9.18 Å². The summed E-state index contributed by atoms with van der Waals surface area (Å²) in [4.78, 5) is 20.5. The Hall–Kier alpha value is -2.08. The van der Waals surface area contributed by atoms with Gasteiger partial charge in [-0.05, 0) is 45.9 Å². The largest absolute Gasteiger partial charge is 0.443 e. The second kappa shape index (κ2) is 6.36. The first kappa shape index (κ1) is 16.3. The molecule has 0 saturated carbocycles. The summed E-state index contributed by atoms with van der Waals surface area (Å²) in [6, 6.07) is 4.55. The summed E-state index contributed by atoms with van der Waals surface area (Å²) in [6.45, 7) is 7.64. The molecule has 0 aliphatic heterocycles. The molecule has 1 heterocycles. The highest BCUT2D eigenvalue weighted by molar-refractivity contribution is 5.82. The van der Waals surface area contributed by atoms with Gasteiger partial charge in [-0.3, -0.25) is 4.84 Å². The Balaban J connectivity index is 2.13. The average molecular weight is 308 g/mol. The van der Waals surface area contributed by atoms with Crippen molar-refractivity contribution in [1.29, 1.82) is 0 Å². The fourth-order valence-corrected chi connectivity index (χ4v) is 2.17. The molecule has 0 aliphatic carbocycles. The molecule has 0 spiro atoms. The van der Waals surface area contributed by atoms with Crippen LogP contribution in [-0.4, -0.2) is 28.3 Å². The number of rotatable bonds is 4. The number of hydroxylamine groups is 2. The van der Waals surface area contributed by atoms with Crippen LogP contribution >= 0.6 is 0 Å². The standard InChI is InChI=1S/C16H21FN2O3/c1-5-22-19(16(2,3)4)15(20)21-10-12-9-13(17)8-11-6-7-18-14(11)12/h6-9,18H,5,10H2,1-4H3. The second-order valence-electron chi connectivity index (χ2n) is 5.94. The van der Waals surface area contributed by atoms with E-state index in [0.717, 1.165) is 10.9 Å². The number of amides is 1. The maximum Gasteiger partial charge on any atom is 0.434 e. The molecule has 5 nitrogen and oxygen atoms in total. The summed E-state index contributed by atoms with van der Waals surface area (Å²) >= 11 is 0. The van der Waals surface area contributed by atoms with E-state index in [1.165, 1.54) is 17.2 Å². The first-order valence-electron chi connectivity index (χ1n) is 7.18. The van der Waals surface area contributed by atoms with E-state index >= 15 is 0 Å². The minimum atomic E-state index is -0.599. The Morgan fingerprint density at radius 1 is 1.36 bits per heavy atom. The van der Waals surface area contributed by atoms with E-state index in [0.29, 0.717) is 12.2 Å². The van der Waals surface area contributed by atoms with Crippen LogP contribution in [0.15, 0.2) is 24.4 Å². The van der Waals surface area contributed by atoms with Crippen molar-refractivity contribution >= 4 is 17.0 Å². The van der Waals surface area contributed by atoms with Gasteiger partial charge in [0.05, 0.1) is 17.7 Å². The molecule has 1 amide bonds. The summed E-state index contributed by atoms with van der Waals surface area (Å²) in [5.74, 6) is -0.365. The minimum absolute atomic E-state index is 0.0345. The molecule has 0 unspecified atom stereocenters. The predicted molar refractivity (Wildman–Crippen MR) is 81.7 cm³/mol. The molecule has 0 bridgehead atoms. The fourth-order valence-electron chi connectivity index (χ4n) is 2.17. The Bertz CT molecular complexity index is 661. The van der Waals surface area contributed by atoms with Gasteiger partial charge in [0, 0.05) is 17.1 Å². The fraction of sp³-hybridized carbons (Fsp3) is 0.438. The first-order valence-corrected chi connectivity index (χ1v) is 7.18. The minimum Gasteiger partial charge on any atom is -0.443 e. The number of aromatic nitrogens is 1. The van der Waals surface area contributed by atoms with Gasteiger partial charge in [-0.2, -0.15) is 5.06 Å². The maximum atomic E-state index is 13.6. The Kier molecular flexibility index (Phi) is 4.71. The highest BCUT2D eigenvalue weighted by Crippen LogP contribution is 2.21. The van der Waals surface area contributed by atoms with Crippen LogP contribution in [0.25, 0.3) is 10.9 Å². The molecule has 1 aromatic heterocycles. The van der Waals surface area contributed by atoms with E-state index in [4.69, 9.17) is 9.57 Å². The zero-order valence-corrected chi connectivity index (χ0v) is 13.3. The lowest BCUT2D eigenvalue weighted by atomic mass is 10.1. The van der Waals surface area contributed by atoms with Gasteiger partial charge in [0.1, 0.15) is 12.4 Å². The molecule has 2 aromatic rings. The monoisotopic (exact) mass is 308 g/mol. The molecule has 22 heavy (non-hydrogen) atoms. The van der Waals surface area contributed by atoms with E-state index in [1.807, 2.05) is 20.8 Å². The van der Waals surface area contributed by atoms with E-state index in [9.17, 15) is 9.18 Å². The van der Waals surface area contributed by atoms with Gasteiger partial charge in [-0.1, -0.05) is 0 Å². The summed E-state index contributed by atoms with van der Waals surface area (Å²) in [6.07, 6.45) is 1.12. The molecule has 0 atom stereocenters. The number of H-pyrrole nitrogens is 1. The van der Waals surface area contributed by atoms with Gasteiger partial charge in [-0.25, -0.2) is 9.18 Å². The van der Waals surface area contributed by atoms with Crippen LogP contribution in [0.5, 0.6) is 0 Å². The lowest BCUT2D eigenvalue weighted by Crippen LogP contribution is -2.45. The van der Waals surface area contributed by atoms with Crippen molar-refractivity contribution in [3.05, 3.63) is 35.8 Å². The highest BCUT2D eigenvalue weighted by atomic mass is 19.1. The van der Waals surface area contributed by atoms with Gasteiger partial charge >= 0.3 is 6.09 Å². The van der Waals surface area contributed by atoms with Crippen LogP contribution < -0.4 is 0 Å². The topological polar surface area (TPSA) is 54.6 Å². The van der Waals surface area contributed by atoms with E-state index in [1.54, 1.807) is 19.2 Å². The molecule has 0 radical (unpaired) electrons. The van der Waals surface area contributed by atoms with Crippen molar-refractivity contribution in [2.24, 2.45) is 0 Å². The summed E-state index contributed by atoms with van der Waals surface area (Å²) in [7, 11) is 0.